The molecule has 1 aromatic heterocycles. The van der Waals surface area contributed by atoms with E-state index >= 15 is 0 Å². The fraction of sp³-hybridized carbons (Fsp3) is 0.100. The number of aromatic nitrogens is 2. The maximum absolute atomic E-state index is 5.74. The first-order chi connectivity index (χ1) is 6.68. The van der Waals surface area contributed by atoms with Crippen molar-refractivity contribution < 1.29 is 0 Å². The molecule has 3 N–H and O–H groups in total. The zero-order chi connectivity index (χ0) is 10.1. The number of nitrogens with two attached hydrogens (primary N) is 1. The summed E-state index contributed by atoms with van der Waals surface area (Å²) in [4.78, 5) is 0. The molecule has 0 aliphatic carbocycles. The van der Waals surface area contributed by atoms with Crippen LogP contribution in [0.3, 0.4) is 0 Å². The number of nitrogens with one attached hydrogen (secondary N) is 1. The van der Waals surface area contributed by atoms with Gasteiger partial charge in [0.15, 0.2) is 0 Å². The number of aryl methyl sites for hydroxylation is 1. The number of aromatic amines is 1. The Hall–Kier alpha value is -1.29. The number of rotatable bonds is 1. The van der Waals surface area contributed by atoms with Gasteiger partial charge in [-0.05, 0) is 18.6 Å². The molecule has 0 saturated carbocycles. The van der Waals surface area contributed by atoms with Gasteiger partial charge >= 0.3 is 0 Å². The molecule has 0 amide bonds. The van der Waals surface area contributed by atoms with Gasteiger partial charge in [-0.3, -0.25) is 5.10 Å². The first-order valence-electron chi connectivity index (χ1n) is 4.24. The maximum Gasteiger partial charge on any atom is 0.126 e. The fourth-order valence-corrected chi connectivity index (χ4v) is 2.06. The summed E-state index contributed by atoms with van der Waals surface area (Å²) in [5.74, 6) is 0.592. The van der Waals surface area contributed by atoms with Crippen molar-refractivity contribution in [1.82, 2.24) is 10.2 Å². The number of H-pyrrole nitrogens is 1. The standard InChI is InChI=1S/C10H10BrN3/c1-6-2-3-7(9(11)4-6)8-5-13-14-10(8)12/h2-5H,1H3,(H3,12,13,14). The summed E-state index contributed by atoms with van der Waals surface area (Å²) in [6.07, 6.45) is 1.73. The van der Waals surface area contributed by atoms with E-state index in [1.807, 2.05) is 19.1 Å². The van der Waals surface area contributed by atoms with E-state index in [4.69, 9.17) is 5.73 Å². The van der Waals surface area contributed by atoms with Crippen LogP contribution in [0, 0.1) is 6.92 Å². The number of hydrogen-bond donors (Lipinski definition) is 2. The predicted molar refractivity (Wildman–Crippen MR) is 60.9 cm³/mol. The highest BCUT2D eigenvalue weighted by molar-refractivity contribution is 9.10. The summed E-state index contributed by atoms with van der Waals surface area (Å²) in [6.45, 7) is 2.05. The molecule has 1 aromatic carbocycles. The summed E-state index contributed by atoms with van der Waals surface area (Å²) < 4.78 is 1.03. The smallest absolute Gasteiger partial charge is 0.126 e. The van der Waals surface area contributed by atoms with Gasteiger partial charge in [0.1, 0.15) is 5.82 Å². The maximum atomic E-state index is 5.74. The van der Waals surface area contributed by atoms with E-state index in [1.165, 1.54) is 5.56 Å². The highest BCUT2D eigenvalue weighted by Crippen LogP contribution is 2.31. The second kappa shape index (κ2) is 3.46. The molecule has 4 heteroatoms. The Morgan fingerprint density at radius 3 is 2.71 bits per heavy atom. The second-order valence-corrected chi connectivity index (χ2v) is 4.03. The topological polar surface area (TPSA) is 54.7 Å². The van der Waals surface area contributed by atoms with Crippen molar-refractivity contribution in [3.05, 3.63) is 34.4 Å². The van der Waals surface area contributed by atoms with E-state index in [0.29, 0.717) is 5.82 Å². The van der Waals surface area contributed by atoms with Crippen molar-refractivity contribution in [3.63, 3.8) is 0 Å². The Balaban J connectivity index is 2.58. The van der Waals surface area contributed by atoms with Crippen molar-refractivity contribution in [2.45, 2.75) is 6.92 Å². The lowest BCUT2D eigenvalue weighted by molar-refractivity contribution is 1.10. The third kappa shape index (κ3) is 1.53. The molecule has 0 aliphatic heterocycles. The summed E-state index contributed by atoms with van der Waals surface area (Å²) in [7, 11) is 0. The van der Waals surface area contributed by atoms with Gasteiger partial charge in [-0.15, -0.1) is 0 Å². The average molecular weight is 252 g/mol. The summed E-state index contributed by atoms with van der Waals surface area (Å²) in [5, 5.41) is 6.61. The highest BCUT2D eigenvalue weighted by atomic mass is 79.9. The van der Waals surface area contributed by atoms with Gasteiger partial charge in [-0.2, -0.15) is 5.10 Å². The normalized spacial score (nSPS) is 10.4. The minimum Gasteiger partial charge on any atom is -0.384 e. The minimum absolute atomic E-state index is 0.592. The molecular formula is C10H10BrN3. The number of halogens is 1. The number of nitrogens with zero attached hydrogens (tertiary/aromatic N) is 1. The van der Waals surface area contributed by atoms with Crippen molar-refractivity contribution in [2.75, 3.05) is 5.73 Å². The molecular weight excluding hydrogens is 242 g/mol. The molecule has 2 rings (SSSR count). The number of hydrogen-bond acceptors (Lipinski definition) is 2. The SMILES string of the molecule is Cc1ccc(-c2cn[nH]c2N)c(Br)c1. The van der Waals surface area contributed by atoms with Crippen LogP contribution in [0.25, 0.3) is 11.1 Å². The zero-order valence-electron chi connectivity index (χ0n) is 7.71. The third-order valence-corrected chi connectivity index (χ3v) is 2.74. The van der Waals surface area contributed by atoms with Crippen LogP contribution in [-0.2, 0) is 0 Å². The van der Waals surface area contributed by atoms with E-state index in [2.05, 4.69) is 32.2 Å². The number of benzene rings is 1. The van der Waals surface area contributed by atoms with Crippen molar-refractivity contribution in [3.8, 4) is 11.1 Å². The third-order valence-electron chi connectivity index (χ3n) is 2.08. The molecule has 3 nitrogen and oxygen atoms in total. The molecule has 0 bridgehead atoms. The molecule has 2 aromatic rings. The van der Waals surface area contributed by atoms with E-state index < -0.39 is 0 Å². The predicted octanol–water partition coefficient (Wildman–Crippen LogP) is 2.73. The van der Waals surface area contributed by atoms with Crippen molar-refractivity contribution >= 4 is 21.7 Å². The van der Waals surface area contributed by atoms with Crippen LogP contribution in [0.2, 0.25) is 0 Å². The molecule has 14 heavy (non-hydrogen) atoms. The lowest BCUT2D eigenvalue weighted by atomic mass is 10.1. The number of anilines is 1. The van der Waals surface area contributed by atoms with Crippen LogP contribution in [0.15, 0.2) is 28.9 Å². The van der Waals surface area contributed by atoms with Gasteiger partial charge in [0.2, 0.25) is 0 Å². The largest absolute Gasteiger partial charge is 0.384 e. The number of nitrogen functional groups attached to an aromatic ring is 1. The Morgan fingerprint density at radius 1 is 1.36 bits per heavy atom. The second-order valence-electron chi connectivity index (χ2n) is 3.18. The van der Waals surface area contributed by atoms with Crippen LogP contribution in [-0.4, -0.2) is 10.2 Å². The lowest BCUT2D eigenvalue weighted by Gasteiger charge is -2.03. The van der Waals surface area contributed by atoms with E-state index in [-0.39, 0.29) is 0 Å². The van der Waals surface area contributed by atoms with Crippen molar-refractivity contribution in [2.24, 2.45) is 0 Å². The minimum atomic E-state index is 0.592. The van der Waals surface area contributed by atoms with Gasteiger partial charge in [0.25, 0.3) is 0 Å². The van der Waals surface area contributed by atoms with Crippen LogP contribution in [0.1, 0.15) is 5.56 Å². The van der Waals surface area contributed by atoms with E-state index in [9.17, 15) is 0 Å². The van der Waals surface area contributed by atoms with Gasteiger partial charge in [0.05, 0.1) is 6.20 Å². The Morgan fingerprint density at radius 2 is 2.14 bits per heavy atom. The molecule has 1 heterocycles. The fourth-order valence-electron chi connectivity index (χ4n) is 1.35. The summed E-state index contributed by atoms with van der Waals surface area (Å²) in [6, 6.07) is 6.13. The van der Waals surface area contributed by atoms with Gasteiger partial charge in [0, 0.05) is 15.6 Å². The molecule has 0 atom stereocenters. The summed E-state index contributed by atoms with van der Waals surface area (Å²) >= 11 is 3.51. The van der Waals surface area contributed by atoms with Crippen LogP contribution < -0.4 is 5.73 Å². The van der Waals surface area contributed by atoms with E-state index in [0.717, 1.165) is 15.6 Å². The van der Waals surface area contributed by atoms with Crippen LogP contribution in [0.5, 0.6) is 0 Å². The monoisotopic (exact) mass is 251 g/mol. The molecule has 0 radical (unpaired) electrons. The molecule has 0 saturated heterocycles. The first-order valence-corrected chi connectivity index (χ1v) is 5.03. The van der Waals surface area contributed by atoms with Crippen LogP contribution in [0.4, 0.5) is 5.82 Å². The first kappa shape index (κ1) is 9.27. The molecule has 0 aliphatic rings. The van der Waals surface area contributed by atoms with Gasteiger partial charge < -0.3 is 5.73 Å². The highest BCUT2D eigenvalue weighted by Gasteiger charge is 2.07. The molecule has 0 fully saturated rings. The Labute approximate surface area is 90.5 Å². The average Bonchev–Trinajstić information content (AvgIpc) is 2.52. The molecule has 72 valence electrons. The Bertz CT molecular complexity index is 462. The zero-order valence-corrected chi connectivity index (χ0v) is 9.30. The van der Waals surface area contributed by atoms with Crippen LogP contribution >= 0.6 is 15.9 Å². The van der Waals surface area contributed by atoms with Crippen molar-refractivity contribution in [1.29, 1.82) is 0 Å². The Kier molecular flexibility index (Phi) is 2.29. The van der Waals surface area contributed by atoms with Gasteiger partial charge in [-0.1, -0.05) is 28.1 Å². The van der Waals surface area contributed by atoms with E-state index in [1.54, 1.807) is 6.20 Å². The molecule has 0 unspecified atom stereocenters. The quantitative estimate of drug-likeness (QED) is 0.819. The lowest BCUT2D eigenvalue weighted by Crippen LogP contribution is -1.88. The summed E-state index contributed by atoms with van der Waals surface area (Å²) in [5.41, 5.74) is 8.94. The molecule has 0 spiro atoms. The van der Waals surface area contributed by atoms with Gasteiger partial charge in [-0.25, -0.2) is 0 Å².